The second-order valence-electron chi connectivity index (χ2n) is 4.05. The maximum atomic E-state index is 11.5. The Bertz CT molecular complexity index is 392. The first kappa shape index (κ1) is 14.0. The molecule has 0 aliphatic carbocycles. The average Bonchev–Trinajstić information content (AvgIpc) is 2.34. The Kier molecular flexibility index (Phi) is 5.70. The summed E-state index contributed by atoms with van der Waals surface area (Å²) in [4.78, 5) is 21.8. The van der Waals surface area contributed by atoms with Crippen LogP contribution in [0.5, 0.6) is 0 Å². The van der Waals surface area contributed by atoms with E-state index in [4.69, 9.17) is 5.11 Å². The first-order valence-electron chi connectivity index (χ1n) is 5.90. The summed E-state index contributed by atoms with van der Waals surface area (Å²) in [6.45, 7) is 2.06. The van der Waals surface area contributed by atoms with Crippen molar-refractivity contribution in [3.05, 3.63) is 35.9 Å². The van der Waals surface area contributed by atoms with Crippen molar-refractivity contribution in [3.8, 4) is 0 Å². The van der Waals surface area contributed by atoms with Crippen LogP contribution in [0, 0.1) is 0 Å². The number of carbonyl (C=O) groups is 2. The Morgan fingerprint density at radius 3 is 2.56 bits per heavy atom. The Morgan fingerprint density at radius 2 is 1.94 bits per heavy atom. The first-order valence-corrected chi connectivity index (χ1v) is 5.90. The molecule has 18 heavy (non-hydrogen) atoms. The van der Waals surface area contributed by atoms with Crippen LogP contribution in [0.3, 0.4) is 0 Å². The zero-order valence-corrected chi connectivity index (χ0v) is 10.3. The number of aryl methyl sites for hydroxylation is 1. The molecule has 1 aromatic carbocycles. The summed E-state index contributed by atoms with van der Waals surface area (Å²) in [6, 6.07) is 9.27. The molecule has 0 aromatic heterocycles. The van der Waals surface area contributed by atoms with Gasteiger partial charge in [0.15, 0.2) is 0 Å². The summed E-state index contributed by atoms with van der Waals surface area (Å²) in [7, 11) is 0. The quantitative estimate of drug-likeness (QED) is 0.668. The molecule has 2 amide bonds. The molecule has 98 valence electrons. The lowest BCUT2D eigenvalue weighted by molar-refractivity contribution is -0.122. The molecule has 0 unspecified atom stereocenters. The van der Waals surface area contributed by atoms with Gasteiger partial charge in [0.25, 0.3) is 0 Å². The van der Waals surface area contributed by atoms with Crippen LogP contribution in [0.25, 0.3) is 0 Å². The Balaban J connectivity index is 2.18. The summed E-state index contributed by atoms with van der Waals surface area (Å²) in [5, 5.41) is 13.3. The third-order valence-electron chi connectivity index (χ3n) is 2.52. The zero-order chi connectivity index (χ0) is 13.4. The fraction of sp³-hybridized carbons (Fsp3) is 0.385. The zero-order valence-electron chi connectivity index (χ0n) is 10.3. The SMILES string of the molecule is C[C@@H](NC(=O)O)C(=O)NCCCc1ccccc1. The Hall–Kier alpha value is -2.04. The van der Waals surface area contributed by atoms with Crippen LogP contribution >= 0.6 is 0 Å². The van der Waals surface area contributed by atoms with E-state index in [-0.39, 0.29) is 5.91 Å². The molecule has 0 saturated heterocycles. The molecule has 0 bridgehead atoms. The second-order valence-corrected chi connectivity index (χ2v) is 4.05. The molecule has 0 heterocycles. The van der Waals surface area contributed by atoms with E-state index in [1.54, 1.807) is 0 Å². The number of carbonyl (C=O) groups excluding carboxylic acids is 1. The van der Waals surface area contributed by atoms with E-state index < -0.39 is 12.1 Å². The van der Waals surface area contributed by atoms with E-state index in [1.165, 1.54) is 12.5 Å². The topological polar surface area (TPSA) is 78.4 Å². The van der Waals surface area contributed by atoms with Crippen molar-refractivity contribution in [3.63, 3.8) is 0 Å². The van der Waals surface area contributed by atoms with E-state index in [1.807, 2.05) is 30.3 Å². The Morgan fingerprint density at radius 1 is 1.28 bits per heavy atom. The largest absolute Gasteiger partial charge is 0.465 e. The summed E-state index contributed by atoms with van der Waals surface area (Å²) in [6.07, 6.45) is 0.527. The van der Waals surface area contributed by atoms with Crippen molar-refractivity contribution in [1.82, 2.24) is 10.6 Å². The van der Waals surface area contributed by atoms with Crippen LogP contribution in [0.4, 0.5) is 4.79 Å². The van der Waals surface area contributed by atoms with E-state index >= 15 is 0 Å². The van der Waals surface area contributed by atoms with Gasteiger partial charge < -0.3 is 15.7 Å². The van der Waals surface area contributed by atoms with Gasteiger partial charge in [-0.25, -0.2) is 4.79 Å². The van der Waals surface area contributed by atoms with Gasteiger partial charge in [-0.2, -0.15) is 0 Å². The summed E-state index contributed by atoms with van der Waals surface area (Å²) >= 11 is 0. The molecular formula is C13H18N2O3. The molecule has 1 rings (SSSR count). The number of nitrogens with one attached hydrogen (secondary N) is 2. The van der Waals surface area contributed by atoms with Crippen molar-refractivity contribution < 1.29 is 14.7 Å². The molecule has 0 spiro atoms. The number of hydrogen-bond acceptors (Lipinski definition) is 2. The van der Waals surface area contributed by atoms with Gasteiger partial charge in [0.2, 0.25) is 5.91 Å². The van der Waals surface area contributed by atoms with E-state index in [0.717, 1.165) is 12.8 Å². The molecule has 0 aliphatic heterocycles. The average molecular weight is 250 g/mol. The number of rotatable bonds is 6. The predicted octanol–water partition coefficient (Wildman–Crippen LogP) is 1.39. The lowest BCUT2D eigenvalue weighted by atomic mass is 10.1. The number of carboxylic acid groups (broad SMARTS) is 1. The molecule has 0 aliphatic rings. The minimum Gasteiger partial charge on any atom is -0.465 e. The van der Waals surface area contributed by atoms with Gasteiger partial charge >= 0.3 is 6.09 Å². The van der Waals surface area contributed by atoms with Crippen LogP contribution in [-0.4, -0.2) is 29.7 Å². The number of hydrogen-bond donors (Lipinski definition) is 3. The highest BCUT2D eigenvalue weighted by atomic mass is 16.4. The molecule has 1 atom stereocenters. The highest BCUT2D eigenvalue weighted by Gasteiger charge is 2.13. The minimum atomic E-state index is -1.19. The third-order valence-corrected chi connectivity index (χ3v) is 2.52. The van der Waals surface area contributed by atoms with Crippen molar-refractivity contribution in [2.24, 2.45) is 0 Å². The van der Waals surface area contributed by atoms with Gasteiger partial charge in [-0.1, -0.05) is 30.3 Å². The molecule has 0 saturated carbocycles. The predicted molar refractivity (Wildman–Crippen MR) is 68.4 cm³/mol. The molecule has 1 aromatic rings. The fourth-order valence-corrected chi connectivity index (χ4v) is 1.55. The van der Waals surface area contributed by atoms with E-state index in [0.29, 0.717) is 6.54 Å². The minimum absolute atomic E-state index is 0.300. The highest BCUT2D eigenvalue weighted by Crippen LogP contribution is 2.01. The third kappa shape index (κ3) is 5.34. The summed E-state index contributed by atoms with van der Waals surface area (Å²) < 4.78 is 0. The van der Waals surface area contributed by atoms with Crippen molar-refractivity contribution in [1.29, 1.82) is 0 Å². The maximum Gasteiger partial charge on any atom is 0.405 e. The van der Waals surface area contributed by atoms with Gasteiger partial charge in [-0.05, 0) is 25.3 Å². The van der Waals surface area contributed by atoms with E-state index in [9.17, 15) is 9.59 Å². The van der Waals surface area contributed by atoms with Gasteiger partial charge in [0.05, 0.1) is 0 Å². The van der Waals surface area contributed by atoms with Crippen molar-refractivity contribution in [2.45, 2.75) is 25.8 Å². The smallest absolute Gasteiger partial charge is 0.405 e. The lowest BCUT2D eigenvalue weighted by Gasteiger charge is -2.11. The molecule has 0 radical (unpaired) electrons. The van der Waals surface area contributed by atoms with Crippen LogP contribution in [0.15, 0.2) is 30.3 Å². The van der Waals surface area contributed by atoms with Gasteiger partial charge in [-0.3, -0.25) is 4.79 Å². The molecular weight excluding hydrogens is 232 g/mol. The fourth-order valence-electron chi connectivity index (χ4n) is 1.55. The molecule has 3 N–H and O–H groups in total. The van der Waals surface area contributed by atoms with Gasteiger partial charge in [0, 0.05) is 6.54 Å². The van der Waals surface area contributed by atoms with Crippen molar-refractivity contribution in [2.75, 3.05) is 6.54 Å². The first-order chi connectivity index (χ1) is 8.59. The summed E-state index contributed by atoms with van der Waals surface area (Å²) in [5.74, 6) is -0.300. The number of amides is 2. The van der Waals surface area contributed by atoms with Gasteiger partial charge in [0.1, 0.15) is 6.04 Å². The van der Waals surface area contributed by atoms with Crippen LogP contribution in [0.2, 0.25) is 0 Å². The normalized spacial score (nSPS) is 11.6. The van der Waals surface area contributed by atoms with Crippen LogP contribution in [-0.2, 0) is 11.2 Å². The standard InChI is InChI=1S/C13H18N2O3/c1-10(15-13(17)18)12(16)14-9-5-8-11-6-3-2-4-7-11/h2-4,6-7,10,15H,5,8-9H2,1H3,(H,14,16)(H,17,18)/t10-/m1/s1. The van der Waals surface area contributed by atoms with E-state index in [2.05, 4.69) is 10.6 Å². The Labute approximate surface area is 106 Å². The van der Waals surface area contributed by atoms with Crippen molar-refractivity contribution >= 4 is 12.0 Å². The monoisotopic (exact) mass is 250 g/mol. The molecule has 5 heteroatoms. The van der Waals surface area contributed by atoms with Crippen LogP contribution < -0.4 is 10.6 Å². The highest BCUT2D eigenvalue weighted by molar-refractivity contribution is 5.84. The summed E-state index contributed by atoms with van der Waals surface area (Å²) in [5.41, 5.74) is 1.23. The van der Waals surface area contributed by atoms with Gasteiger partial charge in [-0.15, -0.1) is 0 Å². The second kappa shape index (κ2) is 7.32. The number of benzene rings is 1. The molecule has 5 nitrogen and oxygen atoms in total. The maximum absolute atomic E-state index is 11.5. The molecule has 0 fully saturated rings. The van der Waals surface area contributed by atoms with Crippen LogP contribution in [0.1, 0.15) is 18.9 Å². The lowest BCUT2D eigenvalue weighted by Crippen LogP contribution is -2.44.